The molecule has 4 aromatic rings. The molecule has 0 aliphatic heterocycles. The van der Waals surface area contributed by atoms with Crippen LogP contribution in [-0.4, -0.2) is 26.8 Å². The van der Waals surface area contributed by atoms with Crippen LogP contribution in [0.3, 0.4) is 0 Å². The Morgan fingerprint density at radius 1 is 1.14 bits per heavy atom. The number of aryl methyl sites for hydroxylation is 1. The Labute approximate surface area is 164 Å². The Morgan fingerprint density at radius 2 is 1.93 bits per heavy atom. The number of halogens is 1. The van der Waals surface area contributed by atoms with Gasteiger partial charge in [-0.25, -0.2) is 4.39 Å². The lowest BCUT2D eigenvalue weighted by atomic mass is 10.1. The molecule has 0 radical (unpaired) electrons. The molecule has 1 amide bonds. The van der Waals surface area contributed by atoms with E-state index in [1.807, 2.05) is 37.3 Å². The molecule has 2 heterocycles. The van der Waals surface area contributed by atoms with Crippen LogP contribution >= 0.6 is 11.8 Å². The molecule has 0 spiro atoms. The van der Waals surface area contributed by atoms with Crippen molar-refractivity contribution in [1.29, 1.82) is 0 Å². The molecule has 0 aliphatic carbocycles. The number of thioether (sulfide) groups is 1. The third kappa shape index (κ3) is 4.01. The molecule has 0 fully saturated rings. The lowest BCUT2D eigenvalue weighted by Gasteiger charge is -2.09. The fourth-order valence-electron chi connectivity index (χ4n) is 2.70. The van der Waals surface area contributed by atoms with E-state index in [0.717, 1.165) is 28.4 Å². The maximum atomic E-state index is 13.0. The van der Waals surface area contributed by atoms with Crippen molar-refractivity contribution in [3.8, 4) is 11.5 Å². The number of carbonyl (C=O) groups is 1. The van der Waals surface area contributed by atoms with Gasteiger partial charge in [-0.2, -0.15) is 0 Å². The normalized spacial score (nSPS) is 10.9. The Bertz CT molecular complexity index is 1140. The SMILES string of the molecule is Cc1cc(NC(=O)CSc2nnc(-c3ccc(F)cc3)o2)c2ccccc2n1. The molecule has 0 unspecified atom stereocenters. The van der Waals surface area contributed by atoms with Gasteiger partial charge in [-0.1, -0.05) is 30.0 Å². The van der Waals surface area contributed by atoms with Gasteiger partial charge in [0.05, 0.1) is 17.0 Å². The minimum Gasteiger partial charge on any atom is -0.411 e. The number of rotatable bonds is 5. The number of para-hydroxylation sites is 1. The Hall–Kier alpha value is -3.26. The highest BCUT2D eigenvalue weighted by atomic mass is 32.2. The first kappa shape index (κ1) is 18.1. The molecule has 0 bridgehead atoms. The van der Waals surface area contributed by atoms with E-state index in [1.165, 1.54) is 12.1 Å². The minimum absolute atomic E-state index is 0.112. The van der Waals surface area contributed by atoms with Crippen molar-refractivity contribution >= 4 is 34.3 Å². The summed E-state index contributed by atoms with van der Waals surface area (Å²) in [6.07, 6.45) is 0. The van der Waals surface area contributed by atoms with Crippen molar-refractivity contribution < 1.29 is 13.6 Å². The highest BCUT2D eigenvalue weighted by Crippen LogP contribution is 2.25. The average Bonchev–Trinajstić information content (AvgIpc) is 3.16. The van der Waals surface area contributed by atoms with E-state index in [9.17, 15) is 9.18 Å². The summed E-state index contributed by atoms with van der Waals surface area (Å²) in [5, 5.41) is 11.9. The fraction of sp³-hybridized carbons (Fsp3) is 0.100. The van der Waals surface area contributed by atoms with Gasteiger partial charge in [0.25, 0.3) is 5.22 Å². The zero-order chi connectivity index (χ0) is 19.5. The van der Waals surface area contributed by atoms with Gasteiger partial charge in [-0.15, -0.1) is 10.2 Å². The number of pyridine rings is 1. The molecule has 4 rings (SSSR count). The molecule has 0 saturated carbocycles. The molecule has 140 valence electrons. The Morgan fingerprint density at radius 3 is 2.75 bits per heavy atom. The van der Waals surface area contributed by atoms with Gasteiger partial charge in [0.2, 0.25) is 11.8 Å². The second-order valence-corrected chi connectivity index (χ2v) is 6.97. The summed E-state index contributed by atoms with van der Waals surface area (Å²) in [5.41, 5.74) is 2.98. The van der Waals surface area contributed by atoms with E-state index in [1.54, 1.807) is 12.1 Å². The first-order chi connectivity index (χ1) is 13.6. The van der Waals surface area contributed by atoms with Crippen LogP contribution < -0.4 is 5.32 Å². The smallest absolute Gasteiger partial charge is 0.277 e. The molecule has 2 aromatic carbocycles. The zero-order valence-corrected chi connectivity index (χ0v) is 15.7. The summed E-state index contributed by atoms with van der Waals surface area (Å²) in [4.78, 5) is 16.8. The number of fused-ring (bicyclic) bond motifs is 1. The predicted molar refractivity (Wildman–Crippen MR) is 106 cm³/mol. The third-order valence-corrected chi connectivity index (χ3v) is 4.76. The lowest BCUT2D eigenvalue weighted by molar-refractivity contribution is -0.113. The van der Waals surface area contributed by atoms with E-state index in [0.29, 0.717) is 11.3 Å². The molecular formula is C20H15FN4O2S. The quantitative estimate of drug-likeness (QED) is 0.503. The largest absolute Gasteiger partial charge is 0.411 e. The average molecular weight is 394 g/mol. The number of hydrogen-bond acceptors (Lipinski definition) is 6. The summed E-state index contributed by atoms with van der Waals surface area (Å²) in [7, 11) is 0. The highest BCUT2D eigenvalue weighted by Gasteiger charge is 2.13. The molecule has 1 N–H and O–H groups in total. The van der Waals surface area contributed by atoms with Crippen LogP contribution in [0, 0.1) is 12.7 Å². The fourth-order valence-corrected chi connectivity index (χ4v) is 3.27. The topological polar surface area (TPSA) is 80.9 Å². The van der Waals surface area contributed by atoms with Gasteiger partial charge >= 0.3 is 0 Å². The molecular weight excluding hydrogens is 379 g/mol. The Balaban J connectivity index is 1.42. The van der Waals surface area contributed by atoms with Gasteiger partial charge < -0.3 is 9.73 Å². The molecule has 6 nitrogen and oxygen atoms in total. The number of amides is 1. The van der Waals surface area contributed by atoms with Crippen LogP contribution in [0.5, 0.6) is 0 Å². The van der Waals surface area contributed by atoms with Crippen LogP contribution in [0.2, 0.25) is 0 Å². The maximum absolute atomic E-state index is 13.0. The molecule has 0 aliphatic rings. The number of hydrogen-bond donors (Lipinski definition) is 1. The lowest BCUT2D eigenvalue weighted by Crippen LogP contribution is -2.14. The predicted octanol–water partition coefficient (Wildman–Crippen LogP) is 4.46. The van der Waals surface area contributed by atoms with Crippen molar-refractivity contribution in [1.82, 2.24) is 15.2 Å². The monoisotopic (exact) mass is 394 g/mol. The maximum Gasteiger partial charge on any atom is 0.277 e. The van der Waals surface area contributed by atoms with Gasteiger partial charge in [-0.3, -0.25) is 9.78 Å². The first-order valence-corrected chi connectivity index (χ1v) is 9.45. The molecule has 0 atom stereocenters. The van der Waals surface area contributed by atoms with Gasteiger partial charge in [0.15, 0.2) is 0 Å². The summed E-state index contributed by atoms with van der Waals surface area (Å²) >= 11 is 1.13. The summed E-state index contributed by atoms with van der Waals surface area (Å²) in [6.45, 7) is 1.88. The van der Waals surface area contributed by atoms with Crippen LogP contribution in [-0.2, 0) is 4.79 Å². The molecule has 0 saturated heterocycles. The number of carbonyl (C=O) groups excluding carboxylic acids is 1. The van der Waals surface area contributed by atoms with Crippen LogP contribution in [0.4, 0.5) is 10.1 Å². The van der Waals surface area contributed by atoms with Crippen molar-refractivity contribution in [3.63, 3.8) is 0 Å². The van der Waals surface area contributed by atoms with Crippen molar-refractivity contribution in [2.45, 2.75) is 12.1 Å². The third-order valence-electron chi connectivity index (χ3n) is 3.94. The second kappa shape index (κ2) is 7.77. The van der Waals surface area contributed by atoms with E-state index < -0.39 is 0 Å². The van der Waals surface area contributed by atoms with Crippen LogP contribution in [0.1, 0.15) is 5.69 Å². The van der Waals surface area contributed by atoms with Gasteiger partial charge in [0.1, 0.15) is 5.82 Å². The molecule has 2 aromatic heterocycles. The Kier molecular flexibility index (Phi) is 5.03. The van der Waals surface area contributed by atoms with E-state index in [-0.39, 0.29) is 28.6 Å². The summed E-state index contributed by atoms with van der Waals surface area (Å²) < 4.78 is 18.5. The minimum atomic E-state index is -0.339. The summed E-state index contributed by atoms with van der Waals surface area (Å²) in [6, 6.07) is 15.2. The number of nitrogens with zero attached hydrogens (tertiary/aromatic N) is 3. The van der Waals surface area contributed by atoms with Crippen molar-refractivity contribution in [2.24, 2.45) is 0 Å². The van der Waals surface area contributed by atoms with Crippen molar-refractivity contribution in [3.05, 3.63) is 66.1 Å². The second-order valence-electron chi connectivity index (χ2n) is 6.05. The van der Waals surface area contributed by atoms with Crippen LogP contribution in [0.25, 0.3) is 22.4 Å². The van der Waals surface area contributed by atoms with Gasteiger partial charge in [-0.05, 0) is 43.3 Å². The number of nitrogens with one attached hydrogen (secondary N) is 1. The van der Waals surface area contributed by atoms with E-state index in [2.05, 4.69) is 20.5 Å². The van der Waals surface area contributed by atoms with Crippen LogP contribution in [0.15, 0.2) is 64.2 Å². The standard InChI is InChI=1S/C20H15FN4O2S/c1-12-10-17(15-4-2-3-5-16(15)22-12)23-18(26)11-28-20-25-24-19(27-20)13-6-8-14(21)9-7-13/h2-10H,11H2,1H3,(H,22,23,26). The summed E-state index contributed by atoms with van der Waals surface area (Å²) in [5.74, 6) is -0.143. The molecule has 8 heteroatoms. The number of anilines is 1. The first-order valence-electron chi connectivity index (χ1n) is 8.47. The van der Waals surface area contributed by atoms with Crippen molar-refractivity contribution in [2.75, 3.05) is 11.1 Å². The molecule has 28 heavy (non-hydrogen) atoms. The number of aromatic nitrogens is 3. The zero-order valence-electron chi connectivity index (χ0n) is 14.8. The highest BCUT2D eigenvalue weighted by molar-refractivity contribution is 7.99. The number of benzene rings is 2. The van der Waals surface area contributed by atoms with E-state index in [4.69, 9.17) is 4.42 Å². The van der Waals surface area contributed by atoms with Gasteiger partial charge in [0, 0.05) is 16.6 Å². The van der Waals surface area contributed by atoms with E-state index >= 15 is 0 Å².